The van der Waals surface area contributed by atoms with Gasteiger partial charge < -0.3 is 5.21 Å². The smallest absolute Gasteiger partial charge is 0.163 e. The third-order valence-corrected chi connectivity index (χ3v) is 3.50. The molecule has 100 valence electrons. The molecule has 1 aromatic carbocycles. The van der Waals surface area contributed by atoms with Crippen LogP contribution in [0.5, 0.6) is 0 Å². The van der Waals surface area contributed by atoms with Crippen molar-refractivity contribution in [2.45, 2.75) is 39.0 Å². The number of hydrogen-bond donors (Lipinski definition) is 1. The topological polar surface area (TPSA) is 49.7 Å². The van der Waals surface area contributed by atoms with Crippen LogP contribution in [0.3, 0.4) is 0 Å². The second-order valence-electron chi connectivity index (χ2n) is 4.88. The van der Waals surface area contributed by atoms with E-state index in [1.165, 1.54) is 11.8 Å². The van der Waals surface area contributed by atoms with Crippen molar-refractivity contribution >= 4 is 17.6 Å². The molecule has 0 aromatic heterocycles. The van der Waals surface area contributed by atoms with Gasteiger partial charge in [-0.3, -0.25) is 4.79 Å². The Bertz CT molecular complexity index is 529. The van der Waals surface area contributed by atoms with Gasteiger partial charge in [-0.15, -0.1) is 0 Å². The summed E-state index contributed by atoms with van der Waals surface area (Å²) in [6.45, 7) is 2.16. The van der Waals surface area contributed by atoms with E-state index in [1.54, 1.807) is 0 Å². The van der Waals surface area contributed by atoms with Gasteiger partial charge in [-0.05, 0) is 36.5 Å². The summed E-state index contributed by atoms with van der Waals surface area (Å²) in [5.74, 6) is 0.240. The molecule has 0 bridgehead atoms. The minimum atomic E-state index is 0.240. The first-order chi connectivity index (χ1) is 9.26. The van der Waals surface area contributed by atoms with Crippen LogP contribution in [0.15, 0.2) is 35.0 Å². The van der Waals surface area contributed by atoms with Crippen molar-refractivity contribution in [1.82, 2.24) is 0 Å². The first-order valence-electron chi connectivity index (χ1n) is 6.79. The molecule has 0 amide bonds. The van der Waals surface area contributed by atoms with Gasteiger partial charge in [0.1, 0.15) is 0 Å². The maximum atomic E-state index is 12.1. The van der Waals surface area contributed by atoms with E-state index in [1.807, 2.05) is 24.3 Å². The number of oxime groups is 1. The zero-order valence-corrected chi connectivity index (χ0v) is 11.2. The number of ketones is 1. The van der Waals surface area contributed by atoms with E-state index in [-0.39, 0.29) is 5.78 Å². The molecule has 0 heterocycles. The van der Waals surface area contributed by atoms with E-state index in [4.69, 9.17) is 5.21 Å². The van der Waals surface area contributed by atoms with E-state index in [0.29, 0.717) is 6.42 Å². The average molecular weight is 257 g/mol. The molecule has 0 saturated heterocycles. The predicted octanol–water partition coefficient (Wildman–Crippen LogP) is 3.80. The fourth-order valence-electron chi connectivity index (χ4n) is 2.56. The molecule has 0 unspecified atom stereocenters. The first-order valence-corrected chi connectivity index (χ1v) is 6.79. The summed E-state index contributed by atoms with van der Waals surface area (Å²) in [7, 11) is 0. The Kier molecular flexibility index (Phi) is 4.50. The van der Waals surface area contributed by atoms with Crippen LogP contribution in [0.2, 0.25) is 0 Å². The van der Waals surface area contributed by atoms with E-state index in [2.05, 4.69) is 12.1 Å². The highest BCUT2D eigenvalue weighted by molar-refractivity contribution is 6.23. The van der Waals surface area contributed by atoms with Crippen LogP contribution < -0.4 is 0 Å². The second kappa shape index (κ2) is 6.32. The van der Waals surface area contributed by atoms with Crippen LogP contribution in [0.4, 0.5) is 0 Å². The van der Waals surface area contributed by atoms with Crippen LogP contribution in [-0.2, 0) is 4.79 Å². The van der Waals surface area contributed by atoms with Gasteiger partial charge in [0.05, 0.1) is 6.21 Å². The summed E-state index contributed by atoms with van der Waals surface area (Å²) in [6.07, 6.45) is 6.19. The number of benzene rings is 1. The van der Waals surface area contributed by atoms with Crippen molar-refractivity contribution in [3.63, 3.8) is 0 Å². The lowest BCUT2D eigenvalue weighted by atomic mass is 9.97. The quantitative estimate of drug-likeness (QED) is 0.495. The summed E-state index contributed by atoms with van der Waals surface area (Å²) in [4.78, 5) is 12.1. The summed E-state index contributed by atoms with van der Waals surface area (Å²) in [5, 5.41) is 11.6. The summed E-state index contributed by atoms with van der Waals surface area (Å²) in [6, 6.07) is 7.61. The maximum Gasteiger partial charge on any atom is 0.163 e. The lowest BCUT2D eigenvalue weighted by Gasteiger charge is -2.07. The summed E-state index contributed by atoms with van der Waals surface area (Å²) in [5.41, 5.74) is 3.93. The molecule has 0 aliphatic heterocycles. The minimum absolute atomic E-state index is 0.240. The van der Waals surface area contributed by atoms with Gasteiger partial charge in [-0.25, -0.2) is 0 Å². The van der Waals surface area contributed by atoms with Gasteiger partial charge in [0.25, 0.3) is 0 Å². The minimum Gasteiger partial charge on any atom is -0.411 e. The molecular formula is C16H19NO2. The predicted molar refractivity (Wildman–Crippen MR) is 76.5 cm³/mol. The summed E-state index contributed by atoms with van der Waals surface area (Å²) >= 11 is 0. The van der Waals surface area contributed by atoms with Crippen molar-refractivity contribution in [1.29, 1.82) is 0 Å². The molecule has 1 N–H and O–H groups in total. The fourth-order valence-corrected chi connectivity index (χ4v) is 2.56. The number of rotatable bonds is 5. The lowest BCUT2D eigenvalue weighted by Crippen LogP contribution is -1.97. The Morgan fingerprint density at radius 1 is 1.37 bits per heavy atom. The van der Waals surface area contributed by atoms with Crippen molar-refractivity contribution in [2.75, 3.05) is 0 Å². The van der Waals surface area contributed by atoms with Crippen LogP contribution in [-0.4, -0.2) is 17.2 Å². The van der Waals surface area contributed by atoms with Gasteiger partial charge >= 0.3 is 0 Å². The van der Waals surface area contributed by atoms with Crippen LogP contribution >= 0.6 is 0 Å². The molecule has 1 aliphatic carbocycles. The highest BCUT2D eigenvalue weighted by Crippen LogP contribution is 2.34. The van der Waals surface area contributed by atoms with Crippen LogP contribution in [0.1, 0.15) is 50.2 Å². The number of carbonyl (C=O) groups is 1. The fraction of sp³-hybridized carbons (Fsp3) is 0.375. The third kappa shape index (κ3) is 3.11. The van der Waals surface area contributed by atoms with Gasteiger partial charge in [-0.1, -0.05) is 42.3 Å². The van der Waals surface area contributed by atoms with Crippen molar-refractivity contribution in [3.05, 3.63) is 41.0 Å². The number of carbonyl (C=O) groups excluding carboxylic acids is 1. The van der Waals surface area contributed by atoms with Crippen LogP contribution in [0.25, 0.3) is 5.57 Å². The molecule has 1 aromatic rings. The molecule has 19 heavy (non-hydrogen) atoms. The Hall–Kier alpha value is -1.90. The second-order valence-corrected chi connectivity index (χ2v) is 4.88. The maximum absolute atomic E-state index is 12.1. The number of hydrogen-bond acceptors (Lipinski definition) is 3. The molecule has 0 atom stereocenters. The summed E-state index contributed by atoms with van der Waals surface area (Å²) < 4.78 is 0. The Labute approximate surface area is 113 Å². The Morgan fingerprint density at radius 2 is 2.21 bits per heavy atom. The van der Waals surface area contributed by atoms with Crippen molar-refractivity contribution in [2.24, 2.45) is 5.16 Å². The molecule has 0 fully saturated rings. The van der Waals surface area contributed by atoms with Gasteiger partial charge in [0.2, 0.25) is 0 Å². The number of Topliss-reactive ketones (excluding diaryl/α,β-unsaturated/α-hetero) is 1. The standard InChI is InChI=1S/C16H19NO2/c1-2-3-6-13-8-9-15(18)16(13)14-7-4-5-12(10-14)11-17-19/h4-5,7,10-11,19H,2-3,6,8-9H2,1H3. The molecule has 0 spiro atoms. The zero-order chi connectivity index (χ0) is 13.7. The first kappa shape index (κ1) is 13.5. The largest absolute Gasteiger partial charge is 0.411 e. The SMILES string of the molecule is CCCCC1=C(c2cccc(C=NO)c2)C(=O)CC1. The Morgan fingerprint density at radius 3 is 2.95 bits per heavy atom. The van der Waals surface area contributed by atoms with Crippen LogP contribution in [0, 0.1) is 0 Å². The Balaban J connectivity index is 2.36. The number of unbranched alkanes of at least 4 members (excludes halogenated alkanes) is 1. The van der Waals surface area contributed by atoms with Crippen molar-refractivity contribution < 1.29 is 10.0 Å². The molecule has 1 aliphatic rings. The average Bonchev–Trinajstić information content (AvgIpc) is 2.78. The van der Waals surface area contributed by atoms with E-state index in [9.17, 15) is 4.79 Å². The third-order valence-electron chi connectivity index (χ3n) is 3.50. The van der Waals surface area contributed by atoms with Gasteiger partial charge in [0, 0.05) is 12.0 Å². The molecule has 3 heteroatoms. The number of allylic oxidation sites excluding steroid dienone is 2. The van der Waals surface area contributed by atoms with E-state index >= 15 is 0 Å². The molecule has 3 nitrogen and oxygen atoms in total. The monoisotopic (exact) mass is 257 g/mol. The number of nitrogens with zero attached hydrogens (tertiary/aromatic N) is 1. The van der Waals surface area contributed by atoms with Crippen molar-refractivity contribution in [3.8, 4) is 0 Å². The normalized spacial score (nSPS) is 15.7. The van der Waals surface area contributed by atoms with Gasteiger partial charge in [-0.2, -0.15) is 0 Å². The highest BCUT2D eigenvalue weighted by atomic mass is 16.4. The van der Waals surface area contributed by atoms with Gasteiger partial charge in [0.15, 0.2) is 5.78 Å². The van der Waals surface area contributed by atoms with E-state index < -0.39 is 0 Å². The zero-order valence-electron chi connectivity index (χ0n) is 11.2. The molecular weight excluding hydrogens is 238 g/mol. The highest BCUT2D eigenvalue weighted by Gasteiger charge is 2.23. The van der Waals surface area contributed by atoms with E-state index in [0.717, 1.165) is 42.4 Å². The molecule has 0 radical (unpaired) electrons. The molecule has 0 saturated carbocycles. The lowest BCUT2D eigenvalue weighted by molar-refractivity contribution is -0.113. The molecule has 2 rings (SSSR count).